The lowest BCUT2D eigenvalue weighted by Gasteiger charge is -2.22. The zero-order valence-electron chi connectivity index (χ0n) is 23.8. The predicted octanol–water partition coefficient (Wildman–Crippen LogP) is 5.50. The molecule has 2 amide bonds. The molecule has 0 bridgehead atoms. The van der Waals surface area contributed by atoms with Crippen LogP contribution in [0.5, 0.6) is 0 Å². The fraction of sp³-hybridized carbons (Fsp3) is 0.273. The molecule has 4 aromatic carbocycles. The summed E-state index contributed by atoms with van der Waals surface area (Å²) in [6.45, 7) is 3.38. The molecule has 0 fully saturated rings. The number of hydroxylamine groups is 1. The lowest BCUT2D eigenvalue weighted by atomic mass is 10.0. The number of carbonyl (C=O) groups excluding carboxylic acids is 2. The number of nitrogens with one attached hydrogen (secondary N) is 2. The number of nitrogens with two attached hydrogens (primary N) is 1. The van der Waals surface area contributed by atoms with Gasteiger partial charge in [-0.15, -0.1) is 4.33 Å². The number of nitrogens with zero attached hydrogens (tertiary/aromatic N) is 1. The number of aryl methyl sites for hydroxylation is 1. The fourth-order valence-corrected chi connectivity index (χ4v) is 4.82. The van der Waals surface area contributed by atoms with E-state index in [1.807, 2.05) is 97.9 Å². The van der Waals surface area contributed by atoms with Gasteiger partial charge in [-0.05, 0) is 66.9 Å². The van der Waals surface area contributed by atoms with E-state index in [4.69, 9.17) is 15.1 Å². The van der Waals surface area contributed by atoms with Crippen LogP contribution in [0.3, 0.4) is 0 Å². The highest BCUT2D eigenvalue weighted by molar-refractivity contribution is 7.94. The smallest absolute Gasteiger partial charge is 0.242 e. The van der Waals surface area contributed by atoms with Crippen molar-refractivity contribution in [1.82, 2.24) is 10.6 Å². The summed E-state index contributed by atoms with van der Waals surface area (Å²) in [4.78, 5) is 32.6. The van der Waals surface area contributed by atoms with Crippen LogP contribution in [0.1, 0.15) is 30.4 Å². The van der Waals surface area contributed by atoms with E-state index in [0.29, 0.717) is 38.9 Å². The summed E-state index contributed by atoms with van der Waals surface area (Å²) < 4.78 is 5.45. The number of hydrogen-bond donors (Lipinski definition) is 3. The first-order valence-corrected chi connectivity index (χ1v) is 14.9. The van der Waals surface area contributed by atoms with E-state index in [0.717, 1.165) is 44.5 Å². The minimum absolute atomic E-state index is 0.210. The van der Waals surface area contributed by atoms with E-state index in [1.165, 1.54) is 0 Å². The summed E-state index contributed by atoms with van der Waals surface area (Å²) in [6, 6.07) is 30.9. The summed E-state index contributed by atoms with van der Waals surface area (Å²) >= 11 is 1.12. The SMILES string of the molecule is Cc1ccc(SOON(CCCC(=O)NC(Cc2ccc3ccccc3c2)C(=O)NCCCN)c2ccccc2)cc1. The van der Waals surface area contributed by atoms with Crippen molar-refractivity contribution in [1.29, 1.82) is 0 Å². The molecule has 0 saturated carbocycles. The predicted molar refractivity (Wildman–Crippen MR) is 168 cm³/mol. The second-order valence-electron chi connectivity index (χ2n) is 10.0. The Morgan fingerprint density at radius 2 is 1.64 bits per heavy atom. The van der Waals surface area contributed by atoms with E-state index in [9.17, 15) is 9.59 Å². The quantitative estimate of drug-likeness (QED) is 0.0689. The summed E-state index contributed by atoms with van der Waals surface area (Å²) in [7, 11) is 0. The number of carbonyl (C=O) groups is 2. The maximum Gasteiger partial charge on any atom is 0.242 e. The number of anilines is 1. The standard InChI is InChI=1S/C33H38N4O4S/c1-25-14-18-30(19-15-25)42-41-40-37(29-11-3-2-4-12-29)22-7-13-32(38)36-31(33(39)35-21-8-20-34)24-26-16-17-27-9-5-6-10-28(27)23-26/h2-6,9-12,14-19,23,31H,7-8,13,20-22,24,34H2,1H3,(H,35,39)(H,36,38). The summed E-state index contributed by atoms with van der Waals surface area (Å²) in [5, 5.41) is 9.67. The average molecular weight is 587 g/mol. The van der Waals surface area contributed by atoms with E-state index in [1.54, 1.807) is 5.06 Å². The Kier molecular flexibility index (Phi) is 12.2. The van der Waals surface area contributed by atoms with Crippen molar-refractivity contribution in [3.63, 3.8) is 0 Å². The molecule has 220 valence electrons. The molecule has 0 aromatic heterocycles. The first-order chi connectivity index (χ1) is 20.5. The van der Waals surface area contributed by atoms with Crippen molar-refractivity contribution in [3.05, 3.63) is 108 Å². The van der Waals surface area contributed by atoms with Crippen molar-refractivity contribution < 1.29 is 18.9 Å². The minimum atomic E-state index is -0.702. The van der Waals surface area contributed by atoms with Crippen molar-refractivity contribution in [2.75, 3.05) is 24.7 Å². The Hall–Kier alpha value is -3.89. The molecule has 4 N–H and O–H groups in total. The third-order valence-electron chi connectivity index (χ3n) is 6.67. The van der Waals surface area contributed by atoms with Gasteiger partial charge in [-0.2, -0.15) is 0 Å². The molecular formula is C33H38N4O4S. The van der Waals surface area contributed by atoms with Gasteiger partial charge in [0.15, 0.2) is 0 Å². The molecule has 1 atom stereocenters. The molecule has 4 aromatic rings. The first kappa shape index (κ1) is 31.1. The Morgan fingerprint density at radius 1 is 0.905 bits per heavy atom. The highest BCUT2D eigenvalue weighted by atomic mass is 32.2. The van der Waals surface area contributed by atoms with Crippen molar-refractivity contribution >= 4 is 40.3 Å². The van der Waals surface area contributed by atoms with Gasteiger partial charge in [0, 0.05) is 30.8 Å². The topological polar surface area (TPSA) is 106 Å². The zero-order valence-corrected chi connectivity index (χ0v) is 24.6. The molecule has 0 radical (unpaired) electrons. The summed E-state index contributed by atoms with van der Waals surface area (Å²) in [6.07, 6.45) is 1.75. The number of amides is 2. The Bertz CT molecular complexity index is 1420. The number of hydrogen-bond acceptors (Lipinski definition) is 7. The van der Waals surface area contributed by atoms with Crippen LogP contribution in [-0.4, -0.2) is 37.5 Å². The van der Waals surface area contributed by atoms with Gasteiger partial charge < -0.3 is 16.4 Å². The van der Waals surface area contributed by atoms with Gasteiger partial charge in [-0.3, -0.25) is 9.59 Å². The molecule has 4 rings (SSSR count). The van der Waals surface area contributed by atoms with Crippen LogP contribution in [0.2, 0.25) is 0 Å². The van der Waals surface area contributed by atoms with Gasteiger partial charge in [-0.1, -0.05) is 83.3 Å². The molecule has 1 unspecified atom stereocenters. The fourth-order valence-electron chi connectivity index (χ4n) is 4.39. The highest BCUT2D eigenvalue weighted by Gasteiger charge is 2.21. The van der Waals surface area contributed by atoms with Crippen LogP contribution >= 0.6 is 12.0 Å². The molecule has 0 aliphatic rings. The maximum absolute atomic E-state index is 13.0. The van der Waals surface area contributed by atoms with E-state index >= 15 is 0 Å². The molecule has 9 heteroatoms. The lowest BCUT2D eigenvalue weighted by Crippen LogP contribution is -2.48. The number of para-hydroxylation sites is 1. The molecular weight excluding hydrogens is 548 g/mol. The molecule has 0 saturated heterocycles. The lowest BCUT2D eigenvalue weighted by molar-refractivity contribution is -0.204. The average Bonchev–Trinajstić information content (AvgIpc) is 3.01. The van der Waals surface area contributed by atoms with Gasteiger partial charge in [0.25, 0.3) is 0 Å². The molecule has 0 aliphatic heterocycles. The van der Waals surface area contributed by atoms with Gasteiger partial charge >= 0.3 is 0 Å². The highest BCUT2D eigenvalue weighted by Crippen LogP contribution is 2.23. The van der Waals surface area contributed by atoms with Crippen LogP contribution in [0, 0.1) is 6.92 Å². The second-order valence-corrected chi connectivity index (χ2v) is 10.8. The molecule has 0 heterocycles. The van der Waals surface area contributed by atoms with Gasteiger partial charge in [0.1, 0.15) is 6.04 Å². The normalized spacial score (nSPS) is 11.7. The summed E-state index contributed by atoms with van der Waals surface area (Å²) in [5.41, 5.74) is 8.53. The largest absolute Gasteiger partial charge is 0.354 e. The van der Waals surface area contributed by atoms with Crippen molar-refractivity contribution in [2.45, 2.75) is 43.5 Å². The summed E-state index contributed by atoms with van der Waals surface area (Å²) in [5.74, 6) is -0.432. The van der Waals surface area contributed by atoms with Crippen molar-refractivity contribution in [2.24, 2.45) is 5.73 Å². The van der Waals surface area contributed by atoms with E-state index < -0.39 is 6.04 Å². The van der Waals surface area contributed by atoms with Crippen LogP contribution < -0.4 is 21.4 Å². The van der Waals surface area contributed by atoms with Crippen LogP contribution in [-0.2, 0) is 25.3 Å². The number of benzene rings is 4. The Labute approximate surface area is 251 Å². The van der Waals surface area contributed by atoms with E-state index in [2.05, 4.69) is 16.7 Å². The number of rotatable bonds is 16. The Morgan fingerprint density at radius 3 is 2.40 bits per heavy atom. The second kappa shape index (κ2) is 16.5. The Balaban J connectivity index is 1.34. The minimum Gasteiger partial charge on any atom is -0.354 e. The van der Waals surface area contributed by atoms with Crippen molar-refractivity contribution in [3.8, 4) is 0 Å². The first-order valence-electron chi connectivity index (χ1n) is 14.2. The van der Waals surface area contributed by atoms with Gasteiger partial charge in [0.05, 0.1) is 17.7 Å². The molecule has 8 nitrogen and oxygen atoms in total. The monoisotopic (exact) mass is 586 g/mol. The van der Waals surface area contributed by atoms with Gasteiger partial charge in [-0.25, -0.2) is 5.06 Å². The maximum atomic E-state index is 13.0. The van der Waals surface area contributed by atoms with Crippen LogP contribution in [0.15, 0.2) is 102 Å². The van der Waals surface area contributed by atoms with Crippen LogP contribution in [0.4, 0.5) is 5.69 Å². The molecule has 42 heavy (non-hydrogen) atoms. The van der Waals surface area contributed by atoms with Crippen LogP contribution in [0.25, 0.3) is 10.8 Å². The number of fused-ring (bicyclic) bond motifs is 1. The van der Waals surface area contributed by atoms with E-state index in [-0.39, 0.29) is 18.2 Å². The van der Waals surface area contributed by atoms with Gasteiger partial charge in [0.2, 0.25) is 11.8 Å². The third-order valence-corrected chi connectivity index (χ3v) is 7.26. The molecule has 0 aliphatic carbocycles. The molecule has 0 spiro atoms. The zero-order chi connectivity index (χ0) is 29.6. The third kappa shape index (κ3) is 9.88.